The Morgan fingerprint density at radius 1 is 1.61 bits per heavy atom. The van der Waals surface area contributed by atoms with Gasteiger partial charge in [-0.15, -0.1) is 12.6 Å². The highest BCUT2D eigenvalue weighted by molar-refractivity contribution is 9.10. The lowest BCUT2D eigenvalue weighted by Gasteiger charge is -2.25. The average molecular weight is 330 g/mol. The van der Waals surface area contributed by atoms with Crippen molar-refractivity contribution in [2.45, 2.75) is 24.3 Å². The molecule has 1 N–H and O–H groups in total. The zero-order chi connectivity index (χ0) is 13.3. The van der Waals surface area contributed by atoms with E-state index in [2.05, 4.69) is 35.5 Å². The van der Waals surface area contributed by atoms with Crippen LogP contribution in [0.25, 0.3) is 0 Å². The summed E-state index contributed by atoms with van der Waals surface area (Å²) >= 11 is 7.65. The molecule has 5 heteroatoms. The summed E-state index contributed by atoms with van der Waals surface area (Å²) in [7, 11) is 0. The zero-order valence-corrected chi connectivity index (χ0v) is 12.6. The molecular weight excluding hydrogens is 314 g/mol. The lowest BCUT2D eigenvalue weighted by atomic mass is 10.0. The highest BCUT2D eigenvalue weighted by atomic mass is 79.9. The first-order valence-corrected chi connectivity index (χ1v) is 7.19. The van der Waals surface area contributed by atoms with Crippen LogP contribution >= 0.6 is 28.6 Å². The van der Waals surface area contributed by atoms with E-state index in [1.54, 1.807) is 11.0 Å². The fourth-order valence-corrected chi connectivity index (χ4v) is 2.99. The van der Waals surface area contributed by atoms with E-state index in [0.29, 0.717) is 18.0 Å². The van der Waals surface area contributed by atoms with Gasteiger partial charge in [-0.2, -0.15) is 0 Å². The van der Waals surface area contributed by atoms with Crippen molar-refractivity contribution in [1.82, 2.24) is 4.90 Å². The molecule has 2 rings (SSSR count). The van der Waals surface area contributed by atoms with Gasteiger partial charge in [0.15, 0.2) is 0 Å². The molecule has 1 aromatic rings. The van der Waals surface area contributed by atoms with E-state index in [4.69, 9.17) is 0 Å². The third-order valence-electron chi connectivity index (χ3n) is 3.51. The van der Waals surface area contributed by atoms with Crippen molar-refractivity contribution in [2.24, 2.45) is 5.92 Å². The van der Waals surface area contributed by atoms with Crippen LogP contribution in [-0.4, -0.2) is 35.1 Å². The Hall–Kier alpha value is -0.520. The lowest BCUT2D eigenvalue weighted by molar-refractivity contribution is 0.0647. The Kier molecular flexibility index (Phi) is 4.35. The number of amides is 1. The number of aliphatic hydroxyl groups is 1. The fraction of sp³-hybridized carbons (Fsp3) is 0.462. The molecule has 2 atom stereocenters. The third kappa shape index (κ3) is 2.58. The average Bonchev–Trinajstić information content (AvgIpc) is 2.72. The third-order valence-corrected chi connectivity index (χ3v) is 4.48. The number of hydrogen-bond donors (Lipinski definition) is 2. The van der Waals surface area contributed by atoms with E-state index in [0.717, 1.165) is 15.8 Å². The van der Waals surface area contributed by atoms with E-state index >= 15 is 0 Å². The van der Waals surface area contributed by atoms with E-state index in [9.17, 15) is 9.90 Å². The molecule has 1 aromatic carbocycles. The van der Waals surface area contributed by atoms with Gasteiger partial charge in [0.1, 0.15) is 0 Å². The predicted octanol–water partition coefficient (Wildman–Crippen LogP) is 2.58. The first kappa shape index (κ1) is 13.9. The van der Waals surface area contributed by atoms with Gasteiger partial charge in [0.2, 0.25) is 0 Å². The number of likely N-dealkylation sites (tertiary alicyclic amines) is 1. The van der Waals surface area contributed by atoms with Crippen molar-refractivity contribution >= 4 is 34.5 Å². The maximum atomic E-state index is 12.5. The van der Waals surface area contributed by atoms with E-state index in [-0.39, 0.29) is 18.6 Å². The molecule has 0 saturated carbocycles. The van der Waals surface area contributed by atoms with E-state index in [1.807, 2.05) is 12.1 Å². The molecule has 0 radical (unpaired) electrons. The predicted molar refractivity (Wildman–Crippen MR) is 77.1 cm³/mol. The molecule has 0 bridgehead atoms. The molecule has 1 saturated heterocycles. The van der Waals surface area contributed by atoms with Gasteiger partial charge >= 0.3 is 0 Å². The van der Waals surface area contributed by atoms with Gasteiger partial charge in [0.05, 0.1) is 18.2 Å². The number of nitrogens with zero attached hydrogens (tertiary/aromatic N) is 1. The van der Waals surface area contributed by atoms with Gasteiger partial charge in [-0.1, -0.05) is 6.92 Å². The number of carbonyl (C=O) groups excluding carboxylic acids is 1. The molecular formula is C13H16BrNO2S. The standard InChI is InChI=1S/C13H16BrNO2S/c1-8-4-5-15(12(8)7-16)13(17)10-6-9(18)2-3-11(10)14/h2-3,6,8,12,16,18H,4-5,7H2,1H3. The molecule has 98 valence electrons. The van der Waals surface area contributed by atoms with E-state index in [1.165, 1.54) is 0 Å². The molecule has 1 heterocycles. The minimum atomic E-state index is -0.0760. The summed E-state index contributed by atoms with van der Waals surface area (Å²) in [6.07, 6.45) is 0.940. The number of thiol groups is 1. The molecule has 18 heavy (non-hydrogen) atoms. The van der Waals surface area contributed by atoms with Crippen LogP contribution in [0.3, 0.4) is 0 Å². The highest BCUT2D eigenvalue weighted by Crippen LogP contribution is 2.28. The van der Waals surface area contributed by atoms with Crippen LogP contribution in [-0.2, 0) is 0 Å². The number of benzene rings is 1. The van der Waals surface area contributed by atoms with Crippen molar-refractivity contribution in [3.05, 3.63) is 28.2 Å². The highest BCUT2D eigenvalue weighted by Gasteiger charge is 2.34. The van der Waals surface area contributed by atoms with Crippen LogP contribution in [0, 0.1) is 5.92 Å². The molecule has 2 unspecified atom stereocenters. The second kappa shape index (κ2) is 5.63. The number of aliphatic hydroxyl groups excluding tert-OH is 1. The van der Waals surface area contributed by atoms with Crippen LogP contribution in [0.2, 0.25) is 0 Å². The Bertz CT molecular complexity index is 466. The van der Waals surface area contributed by atoms with Gasteiger partial charge < -0.3 is 10.0 Å². The number of hydrogen-bond acceptors (Lipinski definition) is 3. The molecule has 0 aliphatic carbocycles. The molecule has 1 aliphatic heterocycles. The molecule has 3 nitrogen and oxygen atoms in total. The van der Waals surface area contributed by atoms with Crippen LogP contribution in [0.4, 0.5) is 0 Å². The Morgan fingerprint density at radius 3 is 3.00 bits per heavy atom. The summed E-state index contributed by atoms with van der Waals surface area (Å²) in [5, 5.41) is 9.41. The topological polar surface area (TPSA) is 40.5 Å². The van der Waals surface area contributed by atoms with Crippen molar-refractivity contribution in [3.63, 3.8) is 0 Å². The second-order valence-corrected chi connectivity index (χ2v) is 6.05. The molecule has 1 aliphatic rings. The number of rotatable bonds is 2. The van der Waals surface area contributed by atoms with Gasteiger partial charge in [-0.05, 0) is 46.5 Å². The van der Waals surface area contributed by atoms with Crippen LogP contribution in [0.1, 0.15) is 23.7 Å². The Labute approximate surface area is 121 Å². The van der Waals surface area contributed by atoms with Gasteiger partial charge in [0, 0.05) is 15.9 Å². The SMILES string of the molecule is CC1CCN(C(=O)c2cc(S)ccc2Br)C1CO. The maximum Gasteiger partial charge on any atom is 0.255 e. The van der Waals surface area contributed by atoms with Gasteiger partial charge in [0.25, 0.3) is 5.91 Å². The summed E-state index contributed by atoms with van der Waals surface area (Å²) in [6.45, 7) is 2.79. The minimum Gasteiger partial charge on any atom is -0.394 e. The second-order valence-electron chi connectivity index (χ2n) is 4.68. The summed E-state index contributed by atoms with van der Waals surface area (Å²) < 4.78 is 0.765. The van der Waals surface area contributed by atoms with Crippen molar-refractivity contribution < 1.29 is 9.90 Å². The number of halogens is 1. The van der Waals surface area contributed by atoms with Crippen molar-refractivity contribution in [3.8, 4) is 0 Å². The summed E-state index contributed by atoms with van der Waals surface area (Å²) in [6, 6.07) is 5.34. The Balaban J connectivity index is 2.28. The molecule has 1 fully saturated rings. The first-order valence-electron chi connectivity index (χ1n) is 5.95. The largest absolute Gasteiger partial charge is 0.394 e. The summed E-state index contributed by atoms with van der Waals surface area (Å²) in [5.41, 5.74) is 0.607. The summed E-state index contributed by atoms with van der Waals surface area (Å²) in [5.74, 6) is 0.304. The van der Waals surface area contributed by atoms with Gasteiger partial charge in [-0.3, -0.25) is 4.79 Å². The van der Waals surface area contributed by atoms with Crippen LogP contribution in [0.5, 0.6) is 0 Å². The van der Waals surface area contributed by atoms with Crippen LogP contribution < -0.4 is 0 Å². The molecule has 0 aromatic heterocycles. The minimum absolute atomic E-state index is 0.0189. The van der Waals surface area contributed by atoms with Crippen molar-refractivity contribution in [2.75, 3.05) is 13.2 Å². The maximum absolute atomic E-state index is 12.5. The quantitative estimate of drug-likeness (QED) is 0.819. The normalized spacial score (nSPS) is 23.4. The first-order chi connectivity index (χ1) is 8.54. The number of carbonyl (C=O) groups is 1. The van der Waals surface area contributed by atoms with Crippen LogP contribution in [0.15, 0.2) is 27.6 Å². The monoisotopic (exact) mass is 329 g/mol. The molecule has 0 spiro atoms. The summed E-state index contributed by atoms with van der Waals surface area (Å²) in [4.78, 5) is 15.0. The van der Waals surface area contributed by atoms with Crippen molar-refractivity contribution in [1.29, 1.82) is 0 Å². The fourth-order valence-electron chi connectivity index (χ4n) is 2.37. The Morgan fingerprint density at radius 2 is 2.33 bits per heavy atom. The lowest BCUT2D eigenvalue weighted by Crippen LogP contribution is -2.40. The zero-order valence-electron chi connectivity index (χ0n) is 10.1. The smallest absolute Gasteiger partial charge is 0.255 e. The molecule has 1 amide bonds. The van der Waals surface area contributed by atoms with Gasteiger partial charge in [-0.25, -0.2) is 0 Å². The van der Waals surface area contributed by atoms with E-state index < -0.39 is 0 Å².